The molecule has 10 nitrogen and oxygen atoms in total. The Morgan fingerprint density at radius 3 is 2.48 bits per heavy atom. The van der Waals surface area contributed by atoms with E-state index in [1.165, 1.54) is 18.5 Å². The first kappa shape index (κ1) is 19.9. The molecule has 1 atom stereocenters. The van der Waals surface area contributed by atoms with Crippen molar-refractivity contribution in [2.45, 2.75) is 26.9 Å². The summed E-state index contributed by atoms with van der Waals surface area (Å²) in [7, 11) is 1.71. The Kier molecular flexibility index (Phi) is 5.26. The van der Waals surface area contributed by atoms with Gasteiger partial charge in [-0.3, -0.25) is 14.3 Å². The number of rotatable bonds is 5. The van der Waals surface area contributed by atoms with Gasteiger partial charge in [0.15, 0.2) is 6.10 Å². The van der Waals surface area contributed by atoms with Gasteiger partial charge >= 0.3 is 5.97 Å². The molecule has 152 valence electrons. The van der Waals surface area contributed by atoms with E-state index in [0.717, 1.165) is 0 Å². The van der Waals surface area contributed by atoms with Crippen molar-refractivity contribution >= 4 is 23.4 Å². The van der Waals surface area contributed by atoms with Crippen LogP contribution in [0.5, 0.6) is 0 Å². The largest absolute Gasteiger partial charge is 0.449 e. The lowest BCUT2D eigenvalue weighted by Crippen LogP contribution is -2.32. The molecule has 1 amide bonds. The monoisotopic (exact) mass is 399 g/mol. The number of aryl methyl sites for hydroxylation is 1. The van der Waals surface area contributed by atoms with Crippen molar-refractivity contribution in [3.63, 3.8) is 0 Å². The fraction of sp³-hybridized carbons (Fsp3) is 0.263. The third-order valence-electron chi connectivity index (χ3n) is 4.55. The van der Waals surface area contributed by atoms with Crippen molar-refractivity contribution < 1.29 is 18.8 Å². The van der Waals surface area contributed by atoms with E-state index in [1.54, 1.807) is 30.8 Å². The van der Waals surface area contributed by atoms with Crippen LogP contribution in [0, 0.1) is 13.8 Å². The van der Waals surface area contributed by atoms with Gasteiger partial charge in [-0.25, -0.2) is 9.48 Å². The second-order valence-corrected chi connectivity index (χ2v) is 6.48. The van der Waals surface area contributed by atoms with Crippen molar-refractivity contribution in [1.82, 2.24) is 14.5 Å². The number of nitrogens with zero attached hydrogens (tertiary/aromatic N) is 3. The second-order valence-electron chi connectivity index (χ2n) is 6.48. The van der Waals surface area contributed by atoms with Gasteiger partial charge in [0.05, 0.1) is 17.1 Å². The summed E-state index contributed by atoms with van der Waals surface area (Å²) in [4.78, 5) is 37.6. The first-order chi connectivity index (χ1) is 13.7. The number of hydrogen-bond donors (Lipinski definition) is 2. The van der Waals surface area contributed by atoms with Crippen LogP contribution in [0.3, 0.4) is 0 Å². The molecule has 0 aliphatic carbocycles. The zero-order chi connectivity index (χ0) is 21.3. The van der Waals surface area contributed by atoms with Gasteiger partial charge in [0, 0.05) is 7.05 Å². The van der Waals surface area contributed by atoms with Crippen LogP contribution in [0.1, 0.15) is 28.7 Å². The number of carbonyl (C=O) groups is 2. The molecule has 1 unspecified atom stereocenters. The predicted octanol–water partition coefficient (Wildman–Crippen LogP) is 1.55. The van der Waals surface area contributed by atoms with Gasteiger partial charge < -0.3 is 20.3 Å². The third-order valence-corrected chi connectivity index (χ3v) is 4.55. The molecular weight excluding hydrogens is 378 g/mol. The summed E-state index contributed by atoms with van der Waals surface area (Å²) in [5, 5.41) is 6.12. The number of aromatic nitrogens is 3. The Bertz CT molecular complexity index is 1110. The highest BCUT2D eigenvalue weighted by Crippen LogP contribution is 2.18. The van der Waals surface area contributed by atoms with Gasteiger partial charge in [-0.05, 0) is 32.9 Å². The molecule has 0 radical (unpaired) electrons. The summed E-state index contributed by atoms with van der Waals surface area (Å²) >= 11 is 0. The Labute approximate surface area is 165 Å². The van der Waals surface area contributed by atoms with Gasteiger partial charge in [-0.1, -0.05) is 23.4 Å². The molecule has 0 aliphatic rings. The predicted molar refractivity (Wildman–Crippen MR) is 105 cm³/mol. The Balaban J connectivity index is 1.81. The minimum absolute atomic E-state index is 0.0352. The summed E-state index contributed by atoms with van der Waals surface area (Å²) in [6.07, 6.45) is -1.18. The maximum Gasteiger partial charge on any atom is 0.346 e. The number of anilines is 2. The Morgan fingerprint density at radius 2 is 1.90 bits per heavy atom. The van der Waals surface area contributed by atoms with E-state index in [1.807, 2.05) is 18.2 Å². The molecule has 1 aromatic carbocycles. The highest BCUT2D eigenvalue weighted by atomic mass is 16.5. The molecule has 10 heteroatoms. The highest BCUT2D eigenvalue weighted by Gasteiger charge is 2.26. The molecule has 0 aliphatic heterocycles. The van der Waals surface area contributed by atoms with Crippen molar-refractivity contribution in [3.8, 4) is 5.69 Å². The number of nitrogens with one attached hydrogen (secondary N) is 1. The number of para-hydroxylation sites is 1. The number of benzene rings is 1. The topological polar surface area (TPSA) is 134 Å². The number of carbonyl (C=O) groups excluding carboxylic acids is 2. The zero-order valence-electron chi connectivity index (χ0n) is 16.4. The number of esters is 1. The Hall–Kier alpha value is -3.82. The summed E-state index contributed by atoms with van der Waals surface area (Å²) in [5.74, 6) is -1.68. The molecule has 0 saturated heterocycles. The lowest BCUT2D eigenvalue weighted by atomic mass is 10.2. The van der Waals surface area contributed by atoms with Gasteiger partial charge in [-0.15, -0.1) is 0 Å². The SMILES string of the molecule is Cc1noc(N)c1C(=O)OC(C)C(=O)Nc1c(C)n(C)n(-c2ccccc2)c1=O. The molecule has 2 heterocycles. The minimum atomic E-state index is -1.18. The number of ether oxygens (including phenoxy) is 1. The Morgan fingerprint density at radius 1 is 1.24 bits per heavy atom. The van der Waals surface area contributed by atoms with Crippen LogP contribution in [0.2, 0.25) is 0 Å². The second kappa shape index (κ2) is 7.66. The third kappa shape index (κ3) is 3.64. The average molecular weight is 399 g/mol. The van der Waals surface area contributed by atoms with Crippen molar-refractivity contribution in [2.24, 2.45) is 7.05 Å². The van der Waals surface area contributed by atoms with E-state index in [-0.39, 0.29) is 22.8 Å². The van der Waals surface area contributed by atoms with Crippen LogP contribution in [-0.4, -0.2) is 32.5 Å². The average Bonchev–Trinajstić information content (AvgIpc) is 3.13. The van der Waals surface area contributed by atoms with Crippen molar-refractivity contribution in [3.05, 3.63) is 57.6 Å². The number of nitrogen functional groups attached to an aromatic ring is 1. The minimum Gasteiger partial charge on any atom is -0.449 e. The first-order valence-corrected chi connectivity index (χ1v) is 8.80. The van der Waals surface area contributed by atoms with E-state index in [0.29, 0.717) is 11.4 Å². The number of hydrogen-bond acceptors (Lipinski definition) is 7. The number of nitrogens with two attached hydrogens (primary N) is 1. The number of amides is 1. The van der Waals surface area contributed by atoms with E-state index in [2.05, 4.69) is 10.5 Å². The molecule has 0 bridgehead atoms. The summed E-state index contributed by atoms with van der Waals surface area (Å²) in [6.45, 7) is 4.62. The summed E-state index contributed by atoms with van der Waals surface area (Å²) < 4.78 is 12.9. The zero-order valence-corrected chi connectivity index (χ0v) is 16.4. The van der Waals surface area contributed by atoms with Crippen LogP contribution in [0.15, 0.2) is 39.6 Å². The lowest BCUT2D eigenvalue weighted by Gasteiger charge is -2.12. The molecule has 3 rings (SSSR count). The van der Waals surface area contributed by atoms with Crippen LogP contribution in [0.25, 0.3) is 5.69 Å². The molecule has 0 saturated carbocycles. The van der Waals surface area contributed by atoms with E-state index >= 15 is 0 Å². The molecule has 0 fully saturated rings. The molecule has 29 heavy (non-hydrogen) atoms. The lowest BCUT2D eigenvalue weighted by molar-refractivity contribution is -0.123. The fourth-order valence-electron chi connectivity index (χ4n) is 2.85. The molecule has 0 spiro atoms. The van der Waals surface area contributed by atoms with Crippen LogP contribution in [0.4, 0.5) is 11.6 Å². The first-order valence-electron chi connectivity index (χ1n) is 8.80. The van der Waals surface area contributed by atoms with Crippen molar-refractivity contribution in [2.75, 3.05) is 11.1 Å². The smallest absolute Gasteiger partial charge is 0.346 e. The standard InChI is InChI=1S/C19H21N5O5/c1-10-14(16(20)29-22-10)19(27)28-12(3)17(25)21-15-11(2)23(4)24(18(15)26)13-8-6-5-7-9-13/h5-9,12H,20H2,1-4H3,(H,21,25). The van der Waals surface area contributed by atoms with Crippen LogP contribution < -0.4 is 16.6 Å². The highest BCUT2D eigenvalue weighted by molar-refractivity contribution is 5.99. The molecule has 3 aromatic rings. The maximum atomic E-state index is 12.8. The van der Waals surface area contributed by atoms with Gasteiger partial charge in [-0.2, -0.15) is 0 Å². The summed E-state index contributed by atoms with van der Waals surface area (Å²) in [5.41, 5.74) is 6.68. The van der Waals surface area contributed by atoms with E-state index in [9.17, 15) is 14.4 Å². The van der Waals surface area contributed by atoms with Crippen LogP contribution in [-0.2, 0) is 16.6 Å². The molecule has 2 aromatic heterocycles. The molecular formula is C19H21N5O5. The fourth-order valence-corrected chi connectivity index (χ4v) is 2.85. The van der Waals surface area contributed by atoms with Gasteiger partial charge in [0.1, 0.15) is 11.3 Å². The molecule has 3 N–H and O–H groups in total. The van der Waals surface area contributed by atoms with Crippen LogP contribution >= 0.6 is 0 Å². The maximum absolute atomic E-state index is 12.8. The van der Waals surface area contributed by atoms with E-state index in [4.69, 9.17) is 15.0 Å². The summed E-state index contributed by atoms with van der Waals surface area (Å²) in [6, 6.07) is 9.02. The van der Waals surface area contributed by atoms with Gasteiger partial charge in [0.2, 0.25) is 5.88 Å². The normalized spacial score (nSPS) is 11.9. The van der Waals surface area contributed by atoms with Crippen molar-refractivity contribution in [1.29, 1.82) is 0 Å². The van der Waals surface area contributed by atoms with Gasteiger partial charge in [0.25, 0.3) is 11.5 Å². The van der Waals surface area contributed by atoms with E-state index < -0.39 is 23.5 Å². The quantitative estimate of drug-likeness (QED) is 0.622.